The van der Waals surface area contributed by atoms with Gasteiger partial charge in [0.05, 0.1) is 18.7 Å². The number of aromatic amines is 1. The van der Waals surface area contributed by atoms with Gasteiger partial charge in [-0.15, -0.1) is 5.10 Å². The van der Waals surface area contributed by atoms with E-state index < -0.39 is 29.1 Å². The third kappa shape index (κ3) is 4.85. The van der Waals surface area contributed by atoms with Crippen LogP contribution in [-0.2, 0) is 0 Å². The molecule has 4 aromatic rings. The van der Waals surface area contributed by atoms with Crippen LogP contribution >= 0.6 is 0 Å². The molecule has 0 saturated carbocycles. The van der Waals surface area contributed by atoms with Gasteiger partial charge in [0.15, 0.2) is 17.4 Å². The monoisotopic (exact) mass is 496 g/mol. The first-order valence-electron chi connectivity index (χ1n) is 11.4. The van der Waals surface area contributed by atoms with Gasteiger partial charge >= 0.3 is 0 Å². The number of amides is 1. The first-order chi connectivity index (χ1) is 17.2. The molecular formula is C26H26F2N4O4. The molecule has 0 aliphatic heterocycles. The second kappa shape index (κ2) is 10.3. The summed E-state index contributed by atoms with van der Waals surface area (Å²) in [5.74, 6) is -1.51. The summed E-state index contributed by atoms with van der Waals surface area (Å²) in [6, 6.07) is 9.27. The lowest BCUT2D eigenvalue weighted by Crippen LogP contribution is -2.29. The Morgan fingerprint density at radius 3 is 2.53 bits per heavy atom. The fourth-order valence-electron chi connectivity index (χ4n) is 4.20. The number of rotatable bonds is 8. The molecule has 0 bridgehead atoms. The van der Waals surface area contributed by atoms with Crippen LogP contribution in [0, 0.1) is 11.6 Å². The second-order valence-corrected chi connectivity index (χ2v) is 8.65. The molecule has 36 heavy (non-hydrogen) atoms. The van der Waals surface area contributed by atoms with Crippen LogP contribution in [0.4, 0.5) is 8.78 Å². The highest BCUT2D eigenvalue weighted by atomic mass is 19.1. The Balaban J connectivity index is 1.76. The number of aromatic nitrogens is 3. The van der Waals surface area contributed by atoms with Gasteiger partial charge < -0.3 is 20.1 Å². The number of hydrogen-bond donors (Lipinski definition) is 3. The molecule has 0 saturated heterocycles. The second-order valence-electron chi connectivity index (χ2n) is 8.65. The van der Waals surface area contributed by atoms with E-state index >= 15 is 0 Å². The molecule has 1 amide bonds. The summed E-state index contributed by atoms with van der Waals surface area (Å²) in [5, 5.41) is 16.8. The summed E-state index contributed by atoms with van der Waals surface area (Å²) < 4.78 is 33.9. The summed E-state index contributed by atoms with van der Waals surface area (Å²) >= 11 is 0. The van der Waals surface area contributed by atoms with Crippen LogP contribution in [-0.4, -0.2) is 39.3 Å². The minimum absolute atomic E-state index is 0.0581. The molecule has 1 atom stereocenters. The zero-order chi connectivity index (χ0) is 26.0. The lowest BCUT2D eigenvalue weighted by molar-refractivity contribution is 0.0929. The molecular weight excluding hydrogens is 470 g/mol. The molecule has 1 unspecified atom stereocenters. The van der Waals surface area contributed by atoms with E-state index in [1.54, 1.807) is 18.2 Å². The third-order valence-electron chi connectivity index (χ3n) is 5.92. The molecule has 0 aliphatic carbocycles. The molecule has 188 valence electrons. The number of ether oxygens (including phenoxy) is 1. The zero-order valence-electron chi connectivity index (χ0n) is 20.0. The van der Waals surface area contributed by atoms with Crippen molar-refractivity contribution in [3.8, 4) is 17.1 Å². The number of methoxy groups -OCH3 is 1. The summed E-state index contributed by atoms with van der Waals surface area (Å²) in [7, 11) is 1.35. The molecule has 0 fully saturated rings. The quantitative estimate of drug-likeness (QED) is 0.342. The zero-order valence-corrected chi connectivity index (χ0v) is 20.0. The average molecular weight is 497 g/mol. The van der Waals surface area contributed by atoms with Crippen LogP contribution in [0.1, 0.15) is 53.7 Å². The maximum atomic E-state index is 14.2. The lowest BCUT2D eigenvalue weighted by atomic mass is 9.98. The van der Waals surface area contributed by atoms with Crippen LogP contribution in [0.15, 0.2) is 53.5 Å². The van der Waals surface area contributed by atoms with Crippen LogP contribution in [0.2, 0.25) is 0 Å². The number of nitrogens with zero attached hydrogens (tertiary/aromatic N) is 2. The van der Waals surface area contributed by atoms with Gasteiger partial charge in [-0.3, -0.25) is 9.59 Å². The van der Waals surface area contributed by atoms with E-state index in [-0.39, 0.29) is 41.6 Å². The van der Waals surface area contributed by atoms with Gasteiger partial charge in [0.2, 0.25) is 0 Å². The summed E-state index contributed by atoms with van der Waals surface area (Å²) in [6.07, 6.45) is 1.67. The van der Waals surface area contributed by atoms with Gasteiger partial charge in [-0.1, -0.05) is 26.0 Å². The van der Waals surface area contributed by atoms with Crippen LogP contribution < -0.4 is 15.6 Å². The predicted molar refractivity (Wildman–Crippen MR) is 130 cm³/mol. The predicted octanol–water partition coefficient (Wildman–Crippen LogP) is 3.95. The van der Waals surface area contributed by atoms with E-state index in [1.807, 2.05) is 13.8 Å². The van der Waals surface area contributed by atoms with Gasteiger partial charge in [0.25, 0.3) is 11.5 Å². The maximum absolute atomic E-state index is 14.2. The van der Waals surface area contributed by atoms with Crippen molar-refractivity contribution in [3.63, 3.8) is 0 Å². The smallest absolute Gasteiger partial charge is 0.275 e. The number of fused-ring (bicyclic) bond motifs is 1. The Bertz CT molecular complexity index is 1460. The Hall–Kier alpha value is -4.05. The van der Waals surface area contributed by atoms with Crippen molar-refractivity contribution in [1.82, 2.24) is 19.9 Å². The fourth-order valence-corrected chi connectivity index (χ4v) is 4.20. The highest BCUT2D eigenvalue weighted by Crippen LogP contribution is 2.27. The van der Waals surface area contributed by atoms with E-state index in [0.29, 0.717) is 16.7 Å². The number of carbonyl (C=O) groups is 1. The van der Waals surface area contributed by atoms with E-state index in [2.05, 4.69) is 15.4 Å². The number of hydrogen-bond acceptors (Lipinski definition) is 5. The number of H-pyrrole nitrogens is 1. The van der Waals surface area contributed by atoms with Gasteiger partial charge in [0, 0.05) is 23.9 Å². The van der Waals surface area contributed by atoms with Crippen molar-refractivity contribution in [1.29, 1.82) is 0 Å². The summed E-state index contributed by atoms with van der Waals surface area (Å²) in [5.41, 5.74) is 1.42. The first-order valence-corrected chi connectivity index (χ1v) is 11.4. The Morgan fingerprint density at radius 1 is 1.19 bits per heavy atom. The van der Waals surface area contributed by atoms with Gasteiger partial charge in [-0.2, -0.15) is 0 Å². The molecule has 0 spiro atoms. The first kappa shape index (κ1) is 25.1. The van der Waals surface area contributed by atoms with Crippen molar-refractivity contribution in [2.45, 2.75) is 32.2 Å². The molecule has 3 N–H and O–H groups in total. The van der Waals surface area contributed by atoms with Crippen LogP contribution in [0.3, 0.4) is 0 Å². The van der Waals surface area contributed by atoms with Crippen molar-refractivity contribution in [2.24, 2.45) is 0 Å². The number of carbonyl (C=O) groups excluding carboxylic acids is 1. The molecule has 2 heterocycles. The SMILES string of the molecule is COc1ccc(-c2nn3cc(C(=O)NC(CCO)c4ccc(F)cc4)c(C(C)C)c3c(=O)[nH]2)cc1F. The molecule has 0 radical (unpaired) electrons. The van der Waals surface area contributed by atoms with Gasteiger partial charge in [0.1, 0.15) is 11.3 Å². The standard InChI is InChI=1S/C26H26F2N4O4/c1-14(2)22-18(25(34)29-20(10-11-33)15-4-7-17(27)8-5-15)13-32-23(22)26(35)30-24(31-32)16-6-9-21(36-3)19(28)12-16/h4-9,12-14,20,33H,10-11H2,1-3H3,(H,29,34)(H,30,31,35). The molecule has 4 rings (SSSR count). The lowest BCUT2D eigenvalue weighted by Gasteiger charge is -2.19. The molecule has 0 aliphatic rings. The molecule has 8 nitrogen and oxygen atoms in total. The summed E-state index contributed by atoms with van der Waals surface area (Å²) in [6.45, 7) is 3.51. The fraction of sp³-hybridized carbons (Fsp3) is 0.269. The van der Waals surface area contributed by atoms with E-state index in [9.17, 15) is 23.5 Å². The van der Waals surface area contributed by atoms with E-state index in [0.717, 1.165) is 0 Å². The molecule has 2 aromatic carbocycles. The Morgan fingerprint density at radius 2 is 1.92 bits per heavy atom. The number of aliphatic hydroxyl groups excluding tert-OH is 1. The van der Waals surface area contributed by atoms with Crippen LogP contribution in [0.5, 0.6) is 5.75 Å². The minimum Gasteiger partial charge on any atom is -0.494 e. The largest absolute Gasteiger partial charge is 0.494 e. The average Bonchev–Trinajstić information content (AvgIpc) is 3.25. The van der Waals surface area contributed by atoms with Gasteiger partial charge in [-0.25, -0.2) is 13.3 Å². The van der Waals surface area contributed by atoms with Crippen molar-refractivity contribution in [3.05, 3.63) is 87.3 Å². The Kier molecular flexibility index (Phi) is 7.16. The van der Waals surface area contributed by atoms with Crippen LogP contribution in [0.25, 0.3) is 16.9 Å². The maximum Gasteiger partial charge on any atom is 0.275 e. The topological polar surface area (TPSA) is 109 Å². The van der Waals surface area contributed by atoms with Crippen molar-refractivity contribution in [2.75, 3.05) is 13.7 Å². The minimum atomic E-state index is -0.607. The number of benzene rings is 2. The highest BCUT2D eigenvalue weighted by Gasteiger charge is 2.25. The number of halogens is 2. The van der Waals surface area contributed by atoms with Crippen molar-refractivity contribution < 1.29 is 23.4 Å². The van der Waals surface area contributed by atoms with Crippen molar-refractivity contribution >= 4 is 11.4 Å². The number of nitrogens with one attached hydrogen (secondary N) is 2. The van der Waals surface area contributed by atoms with Gasteiger partial charge in [-0.05, 0) is 48.2 Å². The normalized spacial score (nSPS) is 12.2. The molecule has 2 aromatic heterocycles. The molecule has 10 heteroatoms. The van der Waals surface area contributed by atoms with E-state index in [1.165, 1.54) is 42.1 Å². The van der Waals surface area contributed by atoms with E-state index in [4.69, 9.17) is 4.74 Å². The third-order valence-corrected chi connectivity index (χ3v) is 5.92. The number of aliphatic hydroxyl groups is 1. The Labute approximate surface area is 205 Å². The highest BCUT2D eigenvalue weighted by molar-refractivity contribution is 5.98. The summed E-state index contributed by atoms with van der Waals surface area (Å²) in [4.78, 5) is 29.1.